The van der Waals surface area contributed by atoms with Gasteiger partial charge in [-0.1, -0.05) is 30.0 Å². The zero-order valence-corrected chi connectivity index (χ0v) is 17.5. The van der Waals surface area contributed by atoms with Gasteiger partial charge < -0.3 is 20.6 Å². The number of nitrogen functional groups attached to an aromatic ring is 1. The Bertz CT molecular complexity index is 1150. The first kappa shape index (κ1) is 21.4. The van der Waals surface area contributed by atoms with Gasteiger partial charge in [-0.2, -0.15) is 0 Å². The van der Waals surface area contributed by atoms with Gasteiger partial charge in [-0.05, 0) is 23.8 Å². The molecule has 10 nitrogen and oxygen atoms in total. The number of hydrogen-bond acceptors (Lipinski definition) is 8. The number of thioether (sulfide) groups is 1. The predicted octanol–water partition coefficient (Wildman–Crippen LogP) is 1.93. The molecule has 0 bridgehead atoms. The van der Waals surface area contributed by atoms with Gasteiger partial charge in [-0.25, -0.2) is 13.9 Å². The molecule has 0 fully saturated rings. The summed E-state index contributed by atoms with van der Waals surface area (Å²) in [4.78, 5) is 24.2. The third kappa shape index (κ3) is 5.09. The quantitative estimate of drug-likeness (QED) is 0.377. The highest BCUT2D eigenvalue weighted by Gasteiger charge is 2.16. The Morgan fingerprint density at radius 1 is 1.12 bits per heavy atom. The average Bonchev–Trinajstić information content (AvgIpc) is 3.13. The van der Waals surface area contributed by atoms with Gasteiger partial charge in [0.1, 0.15) is 19.0 Å². The van der Waals surface area contributed by atoms with Crippen molar-refractivity contribution in [2.75, 3.05) is 30.1 Å². The second-order valence-corrected chi connectivity index (χ2v) is 7.63. The van der Waals surface area contributed by atoms with Crippen LogP contribution in [0, 0.1) is 5.82 Å². The molecule has 0 saturated carbocycles. The van der Waals surface area contributed by atoms with Crippen LogP contribution in [0.15, 0.2) is 47.6 Å². The number of carbonyl (C=O) groups excluding carboxylic acids is 2. The van der Waals surface area contributed by atoms with Crippen LogP contribution in [0.3, 0.4) is 0 Å². The molecule has 2 heterocycles. The summed E-state index contributed by atoms with van der Waals surface area (Å²) < 4.78 is 25.9. The first-order chi connectivity index (χ1) is 15.5. The molecule has 3 aromatic rings. The fourth-order valence-corrected chi connectivity index (χ4v) is 3.59. The first-order valence-electron chi connectivity index (χ1n) is 9.55. The number of nitrogens with one attached hydrogen (secondary N) is 2. The van der Waals surface area contributed by atoms with E-state index in [0.717, 1.165) is 11.8 Å². The van der Waals surface area contributed by atoms with Gasteiger partial charge in [0.15, 0.2) is 17.3 Å². The zero-order valence-electron chi connectivity index (χ0n) is 16.7. The Balaban J connectivity index is 1.28. The smallest absolute Gasteiger partial charge is 0.325 e. The summed E-state index contributed by atoms with van der Waals surface area (Å²) in [6.07, 6.45) is 0.154. The van der Waals surface area contributed by atoms with E-state index < -0.39 is 11.9 Å². The van der Waals surface area contributed by atoms with Crippen LogP contribution >= 0.6 is 11.8 Å². The molecular weight excluding hydrogens is 439 g/mol. The summed E-state index contributed by atoms with van der Waals surface area (Å²) in [5.41, 5.74) is 0.878. The van der Waals surface area contributed by atoms with Crippen molar-refractivity contribution < 1.29 is 23.5 Å². The summed E-state index contributed by atoms with van der Waals surface area (Å²) >= 11 is 1.000. The van der Waals surface area contributed by atoms with E-state index in [2.05, 4.69) is 20.8 Å². The molecule has 0 atom stereocenters. The van der Waals surface area contributed by atoms with E-state index in [1.54, 1.807) is 36.4 Å². The van der Waals surface area contributed by atoms with Crippen LogP contribution in [0.5, 0.6) is 11.5 Å². The lowest BCUT2D eigenvalue weighted by Gasteiger charge is -2.19. The highest BCUT2D eigenvalue weighted by atomic mass is 32.2. The van der Waals surface area contributed by atoms with Crippen LogP contribution in [0.1, 0.15) is 11.4 Å². The lowest BCUT2D eigenvalue weighted by Crippen LogP contribution is -2.35. The molecule has 1 aliphatic heterocycles. The number of fused-ring (bicyclic) bond motifs is 1. The Morgan fingerprint density at radius 2 is 1.91 bits per heavy atom. The number of rotatable bonds is 6. The molecule has 0 saturated heterocycles. The van der Waals surface area contributed by atoms with Crippen LogP contribution < -0.4 is 25.9 Å². The lowest BCUT2D eigenvalue weighted by atomic mass is 10.1. The number of benzene rings is 2. The highest BCUT2D eigenvalue weighted by molar-refractivity contribution is 7.99. The Labute approximate surface area is 186 Å². The molecule has 4 rings (SSSR count). The molecule has 12 heteroatoms. The number of aromatic nitrogens is 3. The van der Waals surface area contributed by atoms with Crippen molar-refractivity contribution in [1.82, 2.24) is 20.2 Å². The van der Waals surface area contributed by atoms with Crippen molar-refractivity contribution >= 4 is 29.4 Å². The summed E-state index contributed by atoms with van der Waals surface area (Å²) in [5, 5.41) is 12.9. The minimum atomic E-state index is -0.693. The average molecular weight is 458 g/mol. The highest BCUT2D eigenvalue weighted by Crippen LogP contribution is 2.32. The molecule has 0 aliphatic carbocycles. The minimum Gasteiger partial charge on any atom is -0.486 e. The van der Waals surface area contributed by atoms with Gasteiger partial charge in [0.2, 0.25) is 11.1 Å². The fourth-order valence-electron chi connectivity index (χ4n) is 2.91. The standard InChI is InChI=1S/C20H19FN6O4S/c21-14-4-2-1-3-12(14)9-17-25-26-20(27(17)22)32-11-18(28)24-19(29)23-13-5-6-15-16(10-13)31-8-7-30-15/h1-6,10H,7-9,11,22H2,(H2,23,24,28,29). The van der Waals surface area contributed by atoms with Crippen molar-refractivity contribution in [2.24, 2.45) is 0 Å². The van der Waals surface area contributed by atoms with Gasteiger partial charge in [-0.3, -0.25) is 10.1 Å². The van der Waals surface area contributed by atoms with Crippen LogP contribution in [0.4, 0.5) is 14.9 Å². The number of nitrogens with zero attached hydrogens (tertiary/aromatic N) is 3. The van der Waals surface area contributed by atoms with E-state index in [0.29, 0.717) is 41.8 Å². The van der Waals surface area contributed by atoms with E-state index in [1.807, 2.05) is 0 Å². The second kappa shape index (κ2) is 9.56. The van der Waals surface area contributed by atoms with E-state index in [1.165, 1.54) is 10.7 Å². The second-order valence-electron chi connectivity index (χ2n) is 6.69. The summed E-state index contributed by atoms with van der Waals surface area (Å²) in [7, 11) is 0. The number of nitrogens with two attached hydrogens (primary N) is 1. The zero-order chi connectivity index (χ0) is 22.5. The molecule has 1 aromatic heterocycles. The van der Waals surface area contributed by atoms with Gasteiger partial charge in [0, 0.05) is 18.2 Å². The summed E-state index contributed by atoms with van der Waals surface area (Å²) in [6.45, 7) is 0.889. The van der Waals surface area contributed by atoms with Gasteiger partial charge in [0.05, 0.1) is 5.75 Å². The summed E-state index contributed by atoms with van der Waals surface area (Å²) in [6, 6.07) is 10.5. The molecule has 0 unspecified atom stereocenters. The maximum absolute atomic E-state index is 13.8. The van der Waals surface area contributed by atoms with Crippen LogP contribution in [-0.2, 0) is 11.2 Å². The molecule has 3 amide bonds. The van der Waals surface area contributed by atoms with E-state index >= 15 is 0 Å². The monoisotopic (exact) mass is 458 g/mol. The topological polar surface area (TPSA) is 133 Å². The Hall–Kier alpha value is -3.80. The largest absolute Gasteiger partial charge is 0.486 e. The van der Waals surface area contributed by atoms with Crippen LogP contribution in [-0.4, -0.2) is 45.8 Å². The van der Waals surface area contributed by atoms with Crippen LogP contribution in [0.2, 0.25) is 0 Å². The number of carbonyl (C=O) groups is 2. The molecule has 0 radical (unpaired) electrons. The number of ether oxygens (including phenoxy) is 2. The van der Waals surface area contributed by atoms with Gasteiger partial charge in [0.25, 0.3) is 0 Å². The van der Waals surface area contributed by atoms with Crippen molar-refractivity contribution in [3.05, 3.63) is 59.7 Å². The van der Waals surface area contributed by atoms with E-state index in [-0.39, 0.29) is 23.1 Å². The molecule has 2 aromatic carbocycles. The molecule has 1 aliphatic rings. The number of amides is 3. The molecule has 4 N–H and O–H groups in total. The minimum absolute atomic E-state index is 0.121. The first-order valence-corrected chi connectivity index (χ1v) is 10.5. The van der Waals surface area contributed by atoms with E-state index in [9.17, 15) is 14.0 Å². The van der Waals surface area contributed by atoms with Gasteiger partial charge >= 0.3 is 6.03 Å². The maximum Gasteiger partial charge on any atom is 0.325 e. The number of imide groups is 1. The molecular formula is C20H19FN6O4S. The van der Waals surface area contributed by atoms with Crippen molar-refractivity contribution in [3.63, 3.8) is 0 Å². The number of hydrogen-bond donors (Lipinski definition) is 3. The Morgan fingerprint density at radius 3 is 2.72 bits per heavy atom. The number of urea groups is 1. The van der Waals surface area contributed by atoms with Crippen molar-refractivity contribution in [2.45, 2.75) is 11.6 Å². The third-order valence-electron chi connectivity index (χ3n) is 4.43. The molecule has 0 spiro atoms. The predicted molar refractivity (Wildman–Crippen MR) is 115 cm³/mol. The van der Waals surface area contributed by atoms with Crippen molar-refractivity contribution in [3.8, 4) is 11.5 Å². The lowest BCUT2D eigenvalue weighted by molar-refractivity contribution is -0.117. The number of anilines is 1. The van der Waals surface area contributed by atoms with E-state index in [4.69, 9.17) is 15.3 Å². The fraction of sp³-hybridized carbons (Fsp3) is 0.200. The SMILES string of the molecule is Nn1c(Cc2ccccc2F)nnc1SCC(=O)NC(=O)Nc1ccc2c(c1)OCCO2. The summed E-state index contributed by atoms with van der Waals surface area (Å²) in [5.74, 6) is 6.37. The molecule has 32 heavy (non-hydrogen) atoms. The van der Waals surface area contributed by atoms with Crippen molar-refractivity contribution in [1.29, 1.82) is 0 Å². The molecule has 166 valence electrons. The normalized spacial score (nSPS) is 12.3. The number of halogens is 1. The van der Waals surface area contributed by atoms with Gasteiger partial charge in [-0.15, -0.1) is 10.2 Å². The third-order valence-corrected chi connectivity index (χ3v) is 5.37. The van der Waals surface area contributed by atoms with Crippen LogP contribution in [0.25, 0.3) is 0 Å². The Kier molecular flexibility index (Phi) is 6.40. The maximum atomic E-state index is 13.8.